The second-order valence-electron chi connectivity index (χ2n) is 10.5. The molecule has 1 atom stereocenters. The molecule has 8 heteroatoms. The van der Waals surface area contributed by atoms with Gasteiger partial charge in [0.25, 0.3) is 5.91 Å². The molecule has 0 bridgehead atoms. The molecule has 188 valence electrons. The maximum Gasteiger partial charge on any atom is 0.251 e. The zero-order valence-corrected chi connectivity index (χ0v) is 20.9. The summed E-state index contributed by atoms with van der Waals surface area (Å²) in [6.07, 6.45) is 9.53. The number of carbonyl (C=O) groups excluding carboxylic acids is 2. The van der Waals surface area contributed by atoms with Crippen LogP contribution in [0.4, 0.5) is 5.82 Å². The Bertz CT molecular complexity index is 1080. The van der Waals surface area contributed by atoms with Crippen molar-refractivity contribution in [1.29, 1.82) is 0 Å². The van der Waals surface area contributed by atoms with Gasteiger partial charge in [0, 0.05) is 18.3 Å². The van der Waals surface area contributed by atoms with E-state index in [9.17, 15) is 14.7 Å². The van der Waals surface area contributed by atoms with Gasteiger partial charge >= 0.3 is 0 Å². The highest BCUT2D eigenvalue weighted by molar-refractivity contribution is 5.99. The van der Waals surface area contributed by atoms with Gasteiger partial charge in [-0.1, -0.05) is 44.2 Å². The molecule has 2 N–H and O–H groups in total. The van der Waals surface area contributed by atoms with Gasteiger partial charge in [-0.05, 0) is 50.8 Å². The van der Waals surface area contributed by atoms with Gasteiger partial charge in [0.05, 0.1) is 18.7 Å². The van der Waals surface area contributed by atoms with Gasteiger partial charge < -0.3 is 20.1 Å². The number of benzene rings is 1. The predicted molar refractivity (Wildman–Crippen MR) is 134 cm³/mol. The van der Waals surface area contributed by atoms with Crippen molar-refractivity contribution in [3.63, 3.8) is 0 Å². The Kier molecular flexibility index (Phi) is 7.60. The molecule has 0 saturated heterocycles. The van der Waals surface area contributed by atoms with Crippen LogP contribution in [0.5, 0.6) is 5.75 Å². The minimum absolute atomic E-state index is 0.212. The number of carbonyl (C=O) groups is 2. The number of rotatable bonds is 9. The van der Waals surface area contributed by atoms with E-state index in [0.717, 1.165) is 31.2 Å². The van der Waals surface area contributed by atoms with E-state index in [1.807, 2.05) is 31.2 Å². The molecule has 1 saturated carbocycles. The number of hydrogen-bond donors (Lipinski definition) is 2. The highest BCUT2D eigenvalue weighted by Gasteiger charge is 2.36. The summed E-state index contributed by atoms with van der Waals surface area (Å²) in [6, 6.07) is 8.77. The van der Waals surface area contributed by atoms with Crippen LogP contribution in [-0.2, 0) is 16.1 Å². The third kappa shape index (κ3) is 6.94. The zero-order chi connectivity index (χ0) is 25.0. The highest BCUT2D eigenvalue weighted by Crippen LogP contribution is 2.31. The summed E-state index contributed by atoms with van der Waals surface area (Å²) in [5, 5.41) is 17.3. The largest absolute Gasteiger partial charge is 0.460 e. The number of aryl methyl sites for hydroxylation is 1. The predicted octanol–water partition coefficient (Wildman–Crippen LogP) is 4.05. The first-order valence-electron chi connectivity index (χ1n) is 12.5. The Hall–Kier alpha value is -3.13. The van der Waals surface area contributed by atoms with Crippen LogP contribution in [0.15, 0.2) is 48.4 Å². The molecule has 35 heavy (non-hydrogen) atoms. The normalized spacial score (nSPS) is 17.9. The molecule has 4 rings (SSSR count). The number of ether oxygens (including phenoxy) is 1. The number of aliphatic hydroxyl groups is 1. The van der Waals surface area contributed by atoms with E-state index in [1.165, 1.54) is 12.5 Å². The number of anilines is 1. The third-order valence-electron chi connectivity index (χ3n) is 6.53. The summed E-state index contributed by atoms with van der Waals surface area (Å²) in [5.74, 6) is 1.57. The van der Waals surface area contributed by atoms with E-state index in [1.54, 1.807) is 35.7 Å². The van der Waals surface area contributed by atoms with Crippen LogP contribution < -0.4 is 10.1 Å². The molecule has 1 fully saturated rings. The van der Waals surface area contributed by atoms with Crippen molar-refractivity contribution in [1.82, 2.24) is 14.7 Å². The van der Waals surface area contributed by atoms with Crippen molar-refractivity contribution >= 4 is 17.6 Å². The Balaban J connectivity index is 1.47. The molecule has 1 aliphatic heterocycles. The Morgan fingerprint density at radius 2 is 2.03 bits per heavy atom. The Morgan fingerprint density at radius 3 is 2.74 bits per heavy atom. The van der Waals surface area contributed by atoms with Crippen LogP contribution in [0, 0.1) is 12.8 Å². The fourth-order valence-corrected chi connectivity index (χ4v) is 4.90. The third-order valence-corrected chi connectivity index (χ3v) is 6.53. The summed E-state index contributed by atoms with van der Waals surface area (Å²) >= 11 is 0. The number of hydrogen-bond acceptors (Lipinski definition) is 5. The van der Waals surface area contributed by atoms with Crippen LogP contribution in [0.3, 0.4) is 0 Å². The minimum atomic E-state index is -0.919. The van der Waals surface area contributed by atoms with Gasteiger partial charge in [0.15, 0.2) is 5.82 Å². The first-order valence-corrected chi connectivity index (χ1v) is 12.5. The van der Waals surface area contributed by atoms with Gasteiger partial charge in [0.2, 0.25) is 5.91 Å². The lowest BCUT2D eigenvalue weighted by atomic mass is 9.84. The zero-order valence-electron chi connectivity index (χ0n) is 20.9. The molecule has 1 aromatic heterocycles. The molecule has 1 aromatic carbocycles. The van der Waals surface area contributed by atoms with E-state index in [4.69, 9.17) is 4.74 Å². The van der Waals surface area contributed by atoms with E-state index < -0.39 is 11.6 Å². The molecular weight excluding hydrogens is 444 g/mol. The standard InChI is InChI=1S/C27H36N4O4/c1-19-8-7-11-21(14-19)35-22-16-25(32)31(17-22)23(15-20-9-5-4-6-10-20)26(33)28-24-12-13-30(29-24)18-27(2,3)34/h7-8,11-14,16,20,23,34H,4-6,9-10,15,17-18H2,1-3H3,(H,28,29,33). The summed E-state index contributed by atoms with van der Waals surface area (Å²) < 4.78 is 7.57. The summed E-state index contributed by atoms with van der Waals surface area (Å²) in [6.45, 7) is 5.96. The second kappa shape index (κ2) is 10.6. The maximum atomic E-state index is 13.5. The number of amides is 2. The molecule has 1 aliphatic carbocycles. The van der Waals surface area contributed by atoms with Gasteiger partial charge in [-0.15, -0.1) is 0 Å². The Morgan fingerprint density at radius 1 is 1.26 bits per heavy atom. The van der Waals surface area contributed by atoms with Crippen molar-refractivity contribution in [2.75, 3.05) is 11.9 Å². The van der Waals surface area contributed by atoms with Crippen LogP contribution in [0.1, 0.15) is 57.9 Å². The summed E-state index contributed by atoms with van der Waals surface area (Å²) in [7, 11) is 0. The van der Waals surface area contributed by atoms with Gasteiger partial charge in [-0.25, -0.2) is 0 Å². The van der Waals surface area contributed by atoms with Crippen molar-refractivity contribution in [2.24, 2.45) is 5.92 Å². The number of aromatic nitrogens is 2. The maximum absolute atomic E-state index is 13.5. The fourth-order valence-electron chi connectivity index (χ4n) is 4.90. The average Bonchev–Trinajstić information content (AvgIpc) is 3.37. The van der Waals surface area contributed by atoms with Crippen molar-refractivity contribution < 1.29 is 19.4 Å². The highest BCUT2D eigenvalue weighted by atomic mass is 16.5. The molecular formula is C27H36N4O4. The lowest BCUT2D eigenvalue weighted by Gasteiger charge is -2.31. The monoisotopic (exact) mass is 480 g/mol. The van der Waals surface area contributed by atoms with E-state index in [0.29, 0.717) is 36.2 Å². The molecule has 2 amide bonds. The molecule has 0 spiro atoms. The smallest absolute Gasteiger partial charge is 0.251 e. The molecule has 2 aromatic rings. The van der Waals surface area contributed by atoms with Gasteiger partial charge in [-0.3, -0.25) is 14.3 Å². The van der Waals surface area contributed by atoms with E-state index in [2.05, 4.69) is 10.4 Å². The Labute approximate surface area is 207 Å². The lowest BCUT2D eigenvalue weighted by molar-refractivity contribution is -0.134. The lowest BCUT2D eigenvalue weighted by Crippen LogP contribution is -2.46. The van der Waals surface area contributed by atoms with Crippen molar-refractivity contribution in [3.8, 4) is 5.75 Å². The van der Waals surface area contributed by atoms with Crippen LogP contribution in [-0.4, -0.2) is 49.8 Å². The van der Waals surface area contributed by atoms with E-state index in [-0.39, 0.29) is 18.4 Å². The van der Waals surface area contributed by atoms with E-state index >= 15 is 0 Å². The molecule has 2 aliphatic rings. The van der Waals surface area contributed by atoms with Gasteiger partial charge in [0.1, 0.15) is 17.6 Å². The molecule has 2 heterocycles. The first-order chi connectivity index (χ1) is 16.7. The SMILES string of the molecule is Cc1cccc(OC2=CC(=O)N(C(CC3CCCCC3)C(=O)Nc3ccn(CC(C)(C)O)n3)C2)c1. The number of nitrogens with zero attached hydrogens (tertiary/aromatic N) is 3. The van der Waals surface area contributed by atoms with Crippen molar-refractivity contribution in [3.05, 3.63) is 53.9 Å². The second-order valence-corrected chi connectivity index (χ2v) is 10.5. The van der Waals surface area contributed by atoms with Gasteiger partial charge in [-0.2, -0.15) is 5.10 Å². The molecule has 0 radical (unpaired) electrons. The quantitative estimate of drug-likeness (QED) is 0.565. The average molecular weight is 481 g/mol. The fraction of sp³-hybridized carbons (Fsp3) is 0.519. The number of nitrogens with one attached hydrogen (secondary N) is 1. The van der Waals surface area contributed by atoms with Crippen LogP contribution in [0.25, 0.3) is 0 Å². The first kappa shape index (κ1) is 25.0. The van der Waals surface area contributed by atoms with Crippen LogP contribution in [0.2, 0.25) is 0 Å². The summed E-state index contributed by atoms with van der Waals surface area (Å²) in [4.78, 5) is 28.1. The molecule has 8 nitrogen and oxygen atoms in total. The van der Waals surface area contributed by atoms with Crippen molar-refractivity contribution in [2.45, 2.75) is 77.5 Å². The molecule has 1 unspecified atom stereocenters. The van der Waals surface area contributed by atoms with Crippen LogP contribution >= 0.6 is 0 Å². The summed E-state index contributed by atoms with van der Waals surface area (Å²) in [5.41, 5.74) is 0.154. The minimum Gasteiger partial charge on any atom is -0.460 e. The topological polar surface area (TPSA) is 96.7 Å².